The predicted octanol–water partition coefficient (Wildman–Crippen LogP) is 6.68. The lowest BCUT2D eigenvalue weighted by atomic mass is 9.81. The SMILES string of the molecule is O=C(c1ncc(F)cc1N1CCC2(CC(O)c3cc(Br)ccc32)C1)c1ncc(F)cc1N1CCC2(CC(O)c3cc(Br)ccc32)C1. The number of aliphatic hydroxyl groups is 2. The van der Waals surface area contributed by atoms with Gasteiger partial charge in [0.05, 0.1) is 36.0 Å². The first-order chi connectivity index (χ1) is 22.1. The zero-order chi connectivity index (χ0) is 32.0. The number of benzene rings is 2. The number of pyridine rings is 2. The van der Waals surface area contributed by atoms with Crippen molar-refractivity contribution in [2.24, 2.45) is 0 Å². The molecule has 8 rings (SSSR count). The lowest BCUT2D eigenvalue weighted by Crippen LogP contribution is -2.31. The number of nitrogens with zero attached hydrogens (tertiary/aromatic N) is 4. The molecule has 2 aliphatic carbocycles. The average molecular weight is 752 g/mol. The van der Waals surface area contributed by atoms with E-state index in [1.165, 1.54) is 12.1 Å². The second-order valence-electron chi connectivity index (χ2n) is 13.2. The maximum Gasteiger partial charge on any atom is 0.233 e. The molecule has 11 heteroatoms. The van der Waals surface area contributed by atoms with Crippen LogP contribution in [0.3, 0.4) is 0 Å². The lowest BCUT2D eigenvalue weighted by molar-refractivity contribution is 0.103. The van der Waals surface area contributed by atoms with Crippen molar-refractivity contribution in [1.82, 2.24) is 9.97 Å². The summed E-state index contributed by atoms with van der Waals surface area (Å²) in [6, 6.07) is 14.6. The van der Waals surface area contributed by atoms with Gasteiger partial charge in [0.25, 0.3) is 0 Å². The molecule has 2 aliphatic heterocycles. The third-order valence-corrected chi connectivity index (χ3v) is 11.5. The molecule has 2 aromatic heterocycles. The summed E-state index contributed by atoms with van der Waals surface area (Å²) in [5, 5.41) is 21.8. The van der Waals surface area contributed by atoms with Crippen molar-refractivity contribution in [2.45, 2.75) is 48.7 Å². The van der Waals surface area contributed by atoms with Crippen LogP contribution in [0.15, 0.2) is 69.9 Å². The summed E-state index contributed by atoms with van der Waals surface area (Å²) >= 11 is 7.01. The quantitative estimate of drug-likeness (QED) is 0.225. The highest BCUT2D eigenvalue weighted by Gasteiger charge is 2.50. The number of rotatable bonds is 4. The zero-order valence-corrected chi connectivity index (χ0v) is 27.9. The van der Waals surface area contributed by atoms with Crippen LogP contribution in [0.4, 0.5) is 20.2 Å². The van der Waals surface area contributed by atoms with E-state index in [1.807, 2.05) is 46.2 Å². The molecule has 0 radical (unpaired) electrons. The molecule has 2 N–H and O–H groups in total. The average Bonchev–Trinajstić information content (AvgIpc) is 3.78. The highest BCUT2D eigenvalue weighted by atomic mass is 79.9. The highest BCUT2D eigenvalue weighted by molar-refractivity contribution is 9.10. The van der Waals surface area contributed by atoms with Gasteiger partial charge in [-0.15, -0.1) is 0 Å². The van der Waals surface area contributed by atoms with Gasteiger partial charge in [0.2, 0.25) is 5.78 Å². The molecule has 4 unspecified atom stereocenters. The van der Waals surface area contributed by atoms with Gasteiger partial charge in [-0.1, -0.05) is 44.0 Å². The van der Waals surface area contributed by atoms with Gasteiger partial charge in [-0.3, -0.25) is 4.79 Å². The fourth-order valence-electron chi connectivity index (χ4n) is 8.49. The molecule has 2 spiro atoms. The first-order valence-corrected chi connectivity index (χ1v) is 17.0. The highest BCUT2D eigenvalue weighted by Crippen LogP contribution is 2.53. The van der Waals surface area contributed by atoms with Crippen molar-refractivity contribution in [3.8, 4) is 0 Å². The second kappa shape index (κ2) is 10.9. The van der Waals surface area contributed by atoms with E-state index in [2.05, 4.69) is 41.8 Å². The minimum absolute atomic E-state index is 0.0498. The van der Waals surface area contributed by atoms with E-state index >= 15 is 0 Å². The Morgan fingerprint density at radius 1 is 0.739 bits per heavy atom. The number of carbonyl (C=O) groups excluding carboxylic acids is 1. The molecule has 0 amide bonds. The van der Waals surface area contributed by atoms with Crippen LogP contribution in [-0.4, -0.2) is 52.1 Å². The molecule has 0 bridgehead atoms. The molecule has 2 fully saturated rings. The van der Waals surface area contributed by atoms with Crippen LogP contribution in [0, 0.1) is 11.6 Å². The fraction of sp³-hybridized carbons (Fsp3) is 0.343. The predicted molar refractivity (Wildman–Crippen MR) is 176 cm³/mol. The minimum atomic E-state index is -0.608. The number of ketones is 1. The Morgan fingerprint density at radius 3 is 1.61 bits per heavy atom. The summed E-state index contributed by atoms with van der Waals surface area (Å²) in [5.74, 6) is -1.65. The number of halogens is 4. The van der Waals surface area contributed by atoms with Crippen molar-refractivity contribution in [3.05, 3.63) is 115 Å². The number of hydrogen-bond acceptors (Lipinski definition) is 7. The summed E-state index contributed by atoms with van der Waals surface area (Å²) < 4.78 is 31.3. The van der Waals surface area contributed by atoms with E-state index < -0.39 is 29.6 Å². The molecule has 4 aromatic rings. The number of fused-ring (bicyclic) bond motifs is 4. The summed E-state index contributed by atoms with van der Waals surface area (Å²) in [7, 11) is 0. The first-order valence-electron chi connectivity index (χ1n) is 15.4. The van der Waals surface area contributed by atoms with E-state index in [0.29, 0.717) is 50.4 Å². The molecule has 236 valence electrons. The first kappa shape index (κ1) is 30.1. The Morgan fingerprint density at radius 2 is 1.17 bits per heavy atom. The molecule has 4 heterocycles. The van der Waals surface area contributed by atoms with Crippen LogP contribution in [0.1, 0.15) is 76.3 Å². The normalized spacial score (nSPS) is 26.4. The maximum atomic E-state index is 14.8. The molecule has 7 nitrogen and oxygen atoms in total. The third-order valence-electron chi connectivity index (χ3n) is 10.5. The zero-order valence-electron chi connectivity index (χ0n) is 24.7. The molecule has 46 heavy (non-hydrogen) atoms. The van der Waals surface area contributed by atoms with Crippen LogP contribution in [0.2, 0.25) is 0 Å². The molecular weight excluding hydrogens is 722 g/mol. The summed E-state index contributed by atoms with van der Waals surface area (Å²) in [5.41, 5.74) is 4.04. The Balaban J connectivity index is 1.13. The monoisotopic (exact) mass is 750 g/mol. The van der Waals surface area contributed by atoms with Crippen molar-refractivity contribution < 1.29 is 23.8 Å². The Hall–Kier alpha value is -3.25. The molecule has 4 atom stereocenters. The largest absolute Gasteiger partial charge is 0.388 e. The standard InChI is InChI=1S/C35H30Br2F2N4O3/c36-19-1-3-25-23(9-19)29(44)13-34(25)5-7-42(17-34)27-11-21(38)15-40-31(27)33(46)32-28(12-22(39)16-41-32)43-8-6-35(18-43)14-30(45)24-10-20(37)2-4-26(24)35/h1-4,9-12,15-16,29-30,44-45H,5-8,13-14,17-18H2. The van der Waals surface area contributed by atoms with Crippen LogP contribution >= 0.6 is 31.9 Å². The van der Waals surface area contributed by atoms with Gasteiger partial charge in [-0.05, 0) is 72.2 Å². The Labute approximate surface area is 281 Å². The summed E-state index contributed by atoms with van der Waals surface area (Å²) in [6.07, 6.45) is 3.36. The molecule has 4 aliphatic rings. The van der Waals surface area contributed by atoms with Gasteiger partial charge < -0.3 is 20.0 Å². The van der Waals surface area contributed by atoms with Gasteiger partial charge >= 0.3 is 0 Å². The lowest BCUT2D eigenvalue weighted by Gasteiger charge is -2.28. The number of aromatic nitrogens is 2. The molecule has 0 saturated carbocycles. The smallest absolute Gasteiger partial charge is 0.233 e. The third kappa shape index (κ3) is 4.72. The van der Waals surface area contributed by atoms with E-state index in [1.54, 1.807) is 0 Å². The van der Waals surface area contributed by atoms with Crippen molar-refractivity contribution in [1.29, 1.82) is 0 Å². The van der Waals surface area contributed by atoms with Crippen molar-refractivity contribution >= 4 is 49.0 Å². The number of hydrogen-bond donors (Lipinski definition) is 2. The van der Waals surface area contributed by atoms with Crippen LogP contribution < -0.4 is 9.80 Å². The van der Waals surface area contributed by atoms with Crippen molar-refractivity contribution in [2.75, 3.05) is 36.0 Å². The van der Waals surface area contributed by atoms with Gasteiger partial charge in [-0.25, -0.2) is 18.7 Å². The van der Waals surface area contributed by atoms with E-state index in [-0.39, 0.29) is 22.2 Å². The van der Waals surface area contributed by atoms with Gasteiger partial charge in [0.1, 0.15) is 23.0 Å². The number of anilines is 2. The Kier molecular flexibility index (Phi) is 7.13. The van der Waals surface area contributed by atoms with Crippen LogP contribution in [0.5, 0.6) is 0 Å². The minimum Gasteiger partial charge on any atom is -0.388 e. The van der Waals surface area contributed by atoms with Gasteiger partial charge in [0.15, 0.2) is 0 Å². The summed E-state index contributed by atoms with van der Waals surface area (Å²) in [4.78, 5) is 26.8. The number of carbonyl (C=O) groups is 1. The van der Waals surface area contributed by atoms with Gasteiger partial charge in [0, 0.05) is 58.1 Å². The topological polar surface area (TPSA) is 89.8 Å². The van der Waals surface area contributed by atoms with Crippen LogP contribution in [0.25, 0.3) is 0 Å². The molecular formula is C35H30Br2F2N4O3. The molecule has 2 saturated heterocycles. The van der Waals surface area contributed by atoms with E-state index in [4.69, 9.17) is 0 Å². The van der Waals surface area contributed by atoms with Gasteiger partial charge in [-0.2, -0.15) is 0 Å². The van der Waals surface area contributed by atoms with Crippen LogP contribution in [-0.2, 0) is 10.8 Å². The second-order valence-corrected chi connectivity index (χ2v) is 15.0. The maximum absolute atomic E-state index is 14.8. The fourth-order valence-corrected chi connectivity index (χ4v) is 9.25. The number of aliphatic hydroxyl groups excluding tert-OH is 2. The Bertz CT molecular complexity index is 1790. The van der Waals surface area contributed by atoms with E-state index in [0.717, 1.165) is 56.4 Å². The van der Waals surface area contributed by atoms with Crippen molar-refractivity contribution in [3.63, 3.8) is 0 Å². The molecule has 2 aromatic carbocycles. The summed E-state index contributed by atoms with van der Waals surface area (Å²) in [6.45, 7) is 2.06. The van der Waals surface area contributed by atoms with E-state index in [9.17, 15) is 23.8 Å².